The van der Waals surface area contributed by atoms with E-state index in [4.69, 9.17) is 13.4 Å². The average molecular weight is 369 g/mol. The number of aryl methyl sites for hydroxylation is 2. The molecule has 1 aromatic carbocycles. The number of Topliss-reactive ketones (excluding diaryl/α,β-unsaturated/α-hetero) is 1. The standard InChI is InChI=1S/C20H22N4O3/c1-13-22-20(23-27-13)16-5-6-18-14(9-16)3-4-15(18)10-19(25)17-11-21-24(12-17)7-8-26-2/h5-6,9,11-12,15H,3-4,7-8,10H2,1-2H3/t15-/m0/s1/i1D3. The van der Waals surface area contributed by atoms with Gasteiger partial charge in [0.05, 0.1) is 24.9 Å². The molecular formula is C20H22N4O3. The summed E-state index contributed by atoms with van der Waals surface area (Å²) in [6.45, 7) is -1.27. The molecular weight excluding hydrogens is 344 g/mol. The Morgan fingerprint density at radius 2 is 2.41 bits per heavy atom. The summed E-state index contributed by atoms with van der Waals surface area (Å²) >= 11 is 0. The van der Waals surface area contributed by atoms with Crippen LogP contribution >= 0.6 is 0 Å². The Labute approximate surface area is 161 Å². The molecule has 1 atom stereocenters. The highest BCUT2D eigenvalue weighted by Crippen LogP contribution is 2.38. The molecule has 7 heteroatoms. The monoisotopic (exact) mass is 369 g/mol. The van der Waals surface area contributed by atoms with Gasteiger partial charge in [-0.3, -0.25) is 9.48 Å². The van der Waals surface area contributed by atoms with Crippen LogP contribution in [0.1, 0.15) is 50.2 Å². The molecule has 1 aliphatic carbocycles. The van der Waals surface area contributed by atoms with Crippen molar-refractivity contribution < 1.29 is 18.2 Å². The Balaban J connectivity index is 1.46. The van der Waals surface area contributed by atoms with E-state index in [1.54, 1.807) is 24.2 Å². The van der Waals surface area contributed by atoms with Gasteiger partial charge in [-0.2, -0.15) is 10.1 Å². The van der Waals surface area contributed by atoms with E-state index < -0.39 is 6.85 Å². The first kappa shape index (κ1) is 14.3. The average Bonchev–Trinajstić information content (AvgIpc) is 3.45. The Morgan fingerprint density at radius 1 is 1.48 bits per heavy atom. The minimum Gasteiger partial charge on any atom is -0.383 e. The Morgan fingerprint density at radius 3 is 3.22 bits per heavy atom. The number of fused-ring (bicyclic) bond motifs is 1. The molecule has 0 amide bonds. The number of hydrogen-bond acceptors (Lipinski definition) is 6. The SMILES string of the molecule is [2H]C([2H])([2H])c1nc(-c2ccc3c(c2)CC[C@H]3CC(=O)c2cnn(CCOC)c2)no1. The first-order chi connectivity index (χ1) is 14.3. The second-order valence-corrected chi connectivity index (χ2v) is 6.68. The highest BCUT2D eigenvalue weighted by Gasteiger charge is 2.26. The number of rotatable bonds is 7. The van der Waals surface area contributed by atoms with Crippen molar-refractivity contribution >= 4 is 5.78 Å². The van der Waals surface area contributed by atoms with Crippen LogP contribution in [0.25, 0.3) is 11.4 Å². The third kappa shape index (κ3) is 3.68. The summed E-state index contributed by atoms with van der Waals surface area (Å²) in [5.74, 6) is 0.104. The molecule has 27 heavy (non-hydrogen) atoms. The first-order valence-electron chi connectivity index (χ1n) is 10.4. The second kappa shape index (κ2) is 7.44. The van der Waals surface area contributed by atoms with Crippen LogP contribution in [0, 0.1) is 6.85 Å². The molecule has 0 fully saturated rings. The zero-order valence-electron chi connectivity index (χ0n) is 18.0. The van der Waals surface area contributed by atoms with E-state index in [2.05, 4.69) is 15.2 Å². The fraction of sp³-hybridized carbons (Fsp3) is 0.400. The number of aromatic nitrogens is 4. The molecule has 0 bridgehead atoms. The van der Waals surface area contributed by atoms with Gasteiger partial charge in [0.15, 0.2) is 5.78 Å². The van der Waals surface area contributed by atoms with Crippen LogP contribution in [0.4, 0.5) is 0 Å². The molecule has 0 unspecified atom stereocenters. The maximum atomic E-state index is 12.7. The third-order valence-corrected chi connectivity index (χ3v) is 4.94. The van der Waals surface area contributed by atoms with Crippen molar-refractivity contribution in [2.24, 2.45) is 0 Å². The number of benzene rings is 1. The number of ketones is 1. The zero-order chi connectivity index (χ0) is 21.3. The van der Waals surface area contributed by atoms with Crippen molar-refractivity contribution in [3.05, 3.63) is 53.2 Å². The van der Waals surface area contributed by atoms with E-state index in [0.29, 0.717) is 30.7 Å². The number of nitrogens with zero attached hydrogens (tertiary/aromatic N) is 4. The second-order valence-electron chi connectivity index (χ2n) is 6.68. The fourth-order valence-electron chi connectivity index (χ4n) is 3.55. The molecule has 7 nitrogen and oxygen atoms in total. The smallest absolute Gasteiger partial charge is 0.223 e. The molecule has 0 aliphatic heterocycles. The largest absolute Gasteiger partial charge is 0.383 e. The van der Waals surface area contributed by atoms with Crippen LogP contribution in [-0.4, -0.2) is 39.4 Å². The molecule has 2 heterocycles. The fourth-order valence-corrected chi connectivity index (χ4v) is 3.55. The van der Waals surface area contributed by atoms with Gasteiger partial charge in [0.25, 0.3) is 0 Å². The molecule has 0 N–H and O–H groups in total. The van der Waals surface area contributed by atoms with Gasteiger partial charge in [0.2, 0.25) is 11.7 Å². The molecule has 0 saturated carbocycles. The van der Waals surface area contributed by atoms with E-state index in [0.717, 1.165) is 24.0 Å². The van der Waals surface area contributed by atoms with E-state index >= 15 is 0 Å². The number of carbonyl (C=O) groups excluding carboxylic acids is 1. The van der Waals surface area contributed by atoms with Crippen LogP contribution in [0.5, 0.6) is 0 Å². The van der Waals surface area contributed by atoms with Crippen LogP contribution < -0.4 is 0 Å². The maximum Gasteiger partial charge on any atom is 0.223 e. The van der Waals surface area contributed by atoms with Gasteiger partial charge in [-0.1, -0.05) is 17.3 Å². The minimum atomic E-state index is -2.43. The number of methoxy groups -OCH3 is 1. The Hall–Kier alpha value is -2.80. The maximum absolute atomic E-state index is 12.7. The lowest BCUT2D eigenvalue weighted by atomic mass is 9.93. The lowest BCUT2D eigenvalue weighted by Crippen LogP contribution is -2.06. The number of hydrogen-bond donors (Lipinski definition) is 0. The molecule has 2 aromatic heterocycles. The molecule has 0 spiro atoms. The van der Waals surface area contributed by atoms with Crippen LogP contribution in [0.3, 0.4) is 0 Å². The minimum absolute atomic E-state index is 0.0704. The van der Waals surface area contributed by atoms with Crippen molar-refractivity contribution in [3.8, 4) is 11.4 Å². The van der Waals surface area contributed by atoms with Crippen molar-refractivity contribution in [3.63, 3.8) is 0 Å². The topological polar surface area (TPSA) is 83.0 Å². The summed E-state index contributed by atoms with van der Waals surface area (Å²) in [5.41, 5.74) is 3.58. The van der Waals surface area contributed by atoms with Crippen molar-refractivity contribution in [1.82, 2.24) is 19.9 Å². The summed E-state index contributed by atoms with van der Waals surface area (Å²) in [4.78, 5) is 16.7. The van der Waals surface area contributed by atoms with Crippen LogP contribution in [0.2, 0.25) is 0 Å². The Bertz CT molecular complexity index is 1060. The lowest BCUT2D eigenvalue weighted by Gasteiger charge is -2.10. The van der Waals surface area contributed by atoms with Crippen LogP contribution in [0.15, 0.2) is 35.1 Å². The third-order valence-electron chi connectivity index (χ3n) is 4.94. The van der Waals surface area contributed by atoms with Crippen molar-refractivity contribution in [1.29, 1.82) is 0 Å². The van der Waals surface area contributed by atoms with Gasteiger partial charge < -0.3 is 9.26 Å². The molecule has 140 valence electrons. The normalized spacial score (nSPS) is 18.0. The predicted octanol–water partition coefficient (Wildman–Crippen LogP) is 3.19. The van der Waals surface area contributed by atoms with Gasteiger partial charge >= 0.3 is 0 Å². The lowest BCUT2D eigenvalue weighted by molar-refractivity contribution is 0.0973. The molecule has 0 radical (unpaired) electrons. The van der Waals surface area contributed by atoms with E-state index in [1.807, 2.05) is 18.2 Å². The summed E-state index contributed by atoms with van der Waals surface area (Å²) in [6, 6.07) is 5.78. The van der Waals surface area contributed by atoms with E-state index in [-0.39, 0.29) is 23.4 Å². The summed E-state index contributed by atoms with van der Waals surface area (Å²) in [7, 11) is 1.63. The Kier molecular flexibility index (Phi) is 3.94. The number of ether oxygens (including phenoxy) is 1. The predicted molar refractivity (Wildman–Crippen MR) is 98.6 cm³/mol. The van der Waals surface area contributed by atoms with E-state index in [9.17, 15) is 4.79 Å². The molecule has 4 rings (SSSR count). The summed E-state index contributed by atoms with van der Waals surface area (Å²) < 4.78 is 33.7. The summed E-state index contributed by atoms with van der Waals surface area (Å²) in [6.07, 6.45) is 5.52. The van der Waals surface area contributed by atoms with Gasteiger partial charge in [-0.05, 0) is 36.0 Å². The quantitative estimate of drug-likeness (QED) is 0.595. The van der Waals surface area contributed by atoms with Gasteiger partial charge in [-0.15, -0.1) is 0 Å². The number of carbonyl (C=O) groups is 1. The summed E-state index contributed by atoms with van der Waals surface area (Å²) in [5, 5.41) is 8.00. The first-order valence-corrected chi connectivity index (χ1v) is 8.87. The molecule has 0 saturated heterocycles. The van der Waals surface area contributed by atoms with E-state index in [1.165, 1.54) is 0 Å². The van der Waals surface area contributed by atoms with Gasteiger partial charge in [0.1, 0.15) is 0 Å². The van der Waals surface area contributed by atoms with Gasteiger partial charge in [-0.25, -0.2) is 0 Å². The van der Waals surface area contributed by atoms with Crippen LogP contribution in [-0.2, 0) is 17.7 Å². The van der Waals surface area contributed by atoms with Crippen molar-refractivity contribution in [2.75, 3.05) is 13.7 Å². The zero-order valence-corrected chi connectivity index (χ0v) is 15.0. The molecule has 3 aromatic rings. The highest BCUT2D eigenvalue weighted by atomic mass is 16.5. The molecule has 1 aliphatic rings. The highest BCUT2D eigenvalue weighted by molar-refractivity contribution is 5.96. The van der Waals surface area contributed by atoms with Gasteiger partial charge in [0, 0.05) is 36.3 Å². The van der Waals surface area contributed by atoms with Crippen molar-refractivity contribution in [2.45, 2.75) is 38.6 Å².